The number of ether oxygens (including phenoxy) is 1. The van der Waals surface area contributed by atoms with Crippen molar-refractivity contribution < 1.29 is 14.6 Å². The minimum Gasteiger partial charge on any atom is -0.389 e. The molecule has 1 saturated heterocycles. The van der Waals surface area contributed by atoms with E-state index in [0.717, 1.165) is 31.7 Å². The molecule has 5 nitrogen and oxygen atoms in total. The lowest BCUT2D eigenvalue weighted by Gasteiger charge is -2.31. The van der Waals surface area contributed by atoms with Crippen LogP contribution in [-0.2, 0) is 9.53 Å². The third kappa shape index (κ3) is 5.57. The zero-order valence-corrected chi connectivity index (χ0v) is 13.4. The molecule has 2 rings (SSSR count). The minimum atomic E-state index is -0.465. The van der Waals surface area contributed by atoms with Gasteiger partial charge in [-0.05, 0) is 38.0 Å². The molecule has 0 spiro atoms. The van der Waals surface area contributed by atoms with Gasteiger partial charge in [-0.15, -0.1) is 0 Å². The van der Waals surface area contributed by atoms with Crippen molar-refractivity contribution in [2.45, 2.75) is 63.7 Å². The molecule has 1 aliphatic heterocycles. The van der Waals surface area contributed by atoms with Gasteiger partial charge >= 0.3 is 0 Å². The van der Waals surface area contributed by atoms with E-state index in [1.165, 1.54) is 12.8 Å². The van der Waals surface area contributed by atoms with Gasteiger partial charge < -0.3 is 20.1 Å². The molecule has 0 bridgehead atoms. The van der Waals surface area contributed by atoms with E-state index >= 15 is 0 Å². The van der Waals surface area contributed by atoms with Gasteiger partial charge in [0.05, 0.1) is 18.8 Å². The van der Waals surface area contributed by atoms with Gasteiger partial charge in [-0.25, -0.2) is 0 Å². The Morgan fingerprint density at radius 1 is 1.33 bits per heavy atom. The van der Waals surface area contributed by atoms with E-state index < -0.39 is 6.10 Å². The second-order valence-corrected chi connectivity index (χ2v) is 6.79. The SMILES string of the molecule is CC1CCC(OCC(O)CNC2CCC(=O)N(C)C2)CC1. The van der Waals surface area contributed by atoms with Gasteiger partial charge in [0.15, 0.2) is 0 Å². The molecule has 2 atom stereocenters. The van der Waals surface area contributed by atoms with Crippen molar-refractivity contribution >= 4 is 5.91 Å². The Balaban J connectivity index is 1.57. The Morgan fingerprint density at radius 3 is 2.71 bits per heavy atom. The fourth-order valence-electron chi connectivity index (χ4n) is 3.18. The number of rotatable bonds is 6. The summed E-state index contributed by atoms with van der Waals surface area (Å²) in [6, 6.07) is 0.290. The van der Waals surface area contributed by atoms with Crippen molar-refractivity contribution in [3.8, 4) is 0 Å². The first-order chi connectivity index (χ1) is 10.0. The number of carbonyl (C=O) groups excluding carboxylic acids is 1. The maximum atomic E-state index is 11.4. The number of piperidine rings is 1. The number of nitrogens with zero attached hydrogens (tertiary/aromatic N) is 1. The van der Waals surface area contributed by atoms with Crippen LogP contribution in [0.4, 0.5) is 0 Å². The molecule has 0 aromatic carbocycles. The van der Waals surface area contributed by atoms with Crippen LogP contribution in [0.5, 0.6) is 0 Å². The first kappa shape index (κ1) is 16.7. The predicted octanol–water partition coefficient (Wildman–Crippen LogP) is 1.15. The number of nitrogens with one attached hydrogen (secondary N) is 1. The first-order valence-electron chi connectivity index (χ1n) is 8.31. The van der Waals surface area contributed by atoms with Gasteiger partial charge in [0, 0.05) is 32.6 Å². The summed E-state index contributed by atoms with van der Waals surface area (Å²) in [6.45, 7) is 3.97. The highest BCUT2D eigenvalue weighted by atomic mass is 16.5. The van der Waals surface area contributed by atoms with E-state index in [0.29, 0.717) is 25.7 Å². The summed E-state index contributed by atoms with van der Waals surface area (Å²) in [7, 11) is 1.83. The molecule has 122 valence electrons. The highest BCUT2D eigenvalue weighted by Gasteiger charge is 2.23. The van der Waals surface area contributed by atoms with Gasteiger partial charge in [0.25, 0.3) is 0 Å². The van der Waals surface area contributed by atoms with Crippen LogP contribution in [0.15, 0.2) is 0 Å². The maximum Gasteiger partial charge on any atom is 0.222 e. The largest absolute Gasteiger partial charge is 0.389 e. The van der Waals surface area contributed by atoms with Crippen LogP contribution in [-0.4, -0.2) is 60.9 Å². The summed E-state index contributed by atoms with van der Waals surface area (Å²) in [5.74, 6) is 1.03. The van der Waals surface area contributed by atoms with Gasteiger partial charge in [-0.3, -0.25) is 4.79 Å². The Hall–Kier alpha value is -0.650. The second-order valence-electron chi connectivity index (χ2n) is 6.79. The summed E-state index contributed by atoms with van der Waals surface area (Å²) in [6.07, 6.45) is 6.04. The monoisotopic (exact) mass is 298 g/mol. The molecule has 0 radical (unpaired) electrons. The predicted molar refractivity (Wildman–Crippen MR) is 82.0 cm³/mol. The normalized spacial score (nSPS) is 32.2. The highest BCUT2D eigenvalue weighted by molar-refractivity contribution is 5.76. The molecule has 2 N–H and O–H groups in total. The maximum absolute atomic E-state index is 11.4. The van der Waals surface area contributed by atoms with E-state index in [-0.39, 0.29) is 11.9 Å². The Labute approximate surface area is 128 Å². The number of aliphatic hydroxyl groups is 1. The van der Waals surface area contributed by atoms with Crippen LogP contribution in [0, 0.1) is 5.92 Å². The molecular formula is C16H30N2O3. The van der Waals surface area contributed by atoms with Gasteiger partial charge in [0.2, 0.25) is 5.91 Å². The van der Waals surface area contributed by atoms with Crippen LogP contribution >= 0.6 is 0 Å². The molecule has 0 aromatic heterocycles. The number of likely N-dealkylation sites (N-methyl/N-ethyl adjacent to an activating group) is 1. The third-order valence-corrected chi connectivity index (χ3v) is 4.76. The van der Waals surface area contributed by atoms with E-state index in [1.807, 2.05) is 7.05 Å². The van der Waals surface area contributed by atoms with Crippen molar-refractivity contribution in [1.82, 2.24) is 10.2 Å². The molecule has 0 aromatic rings. The molecule has 2 fully saturated rings. The quantitative estimate of drug-likeness (QED) is 0.772. The van der Waals surface area contributed by atoms with Crippen LogP contribution in [0.1, 0.15) is 45.4 Å². The smallest absolute Gasteiger partial charge is 0.222 e. The number of hydrogen-bond donors (Lipinski definition) is 2. The molecule has 1 amide bonds. The summed E-state index contributed by atoms with van der Waals surface area (Å²) in [5, 5.41) is 13.4. The Morgan fingerprint density at radius 2 is 2.05 bits per heavy atom. The number of hydrogen-bond acceptors (Lipinski definition) is 4. The van der Waals surface area contributed by atoms with Crippen molar-refractivity contribution in [1.29, 1.82) is 0 Å². The lowest BCUT2D eigenvalue weighted by molar-refractivity contribution is -0.132. The highest BCUT2D eigenvalue weighted by Crippen LogP contribution is 2.25. The van der Waals surface area contributed by atoms with E-state index in [2.05, 4.69) is 12.2 Å². The van der Waals surface area contributed by atoms with Gasteiger partial charge in [-0.1, -0.05) is 6.92 Å². The summed E-state index contributed by atoms with van der Waals surface area (Å²) in [4.78, 5) is 13.2. The summed E-state index contributed by atoms with van der Waals surface area (Å²) < 4.78 is 5.82. The van der Waals surface area contributed by atoms with Gasteiger partial charge in [0.1, 0.15) is 0 Å². The van der Waals surface area contributed by atoms with Crippen molar-refractivity contribution in [2.75, 3.05) is 26.7 Å². The van der Waals surface area contributed by atoms with E-state index in [4.69, 9.17) is 4.74 Å². The van der Waals surface area contributed by atoms with Crippen LogP contribution in [0.25, 0.3) is 0 Å². The average molecular weight is 298 g/mol. The molecule has 1 aliphatic carbocycles. The Kier molecular flexibility index (Phi) is 6.45. The lowest BCUT2D eigenvalue weighted by atomic mass is 9.89. The van der Waals surface area contributed by atoms with E-state index in [1.54, 1.807) is 4.90 Å². The van der Waals surface area contributed by atoms with Crippen LogP contribution in [0.2, 0.25) is 0 Å². The zero-order chi connectivity index (χ0) is 15.2. The zero-order valence-electron chi connectivity index (χ0n) is 13.4. The summed E-state index contributed by atoms with van der Waals surface area (Å²) >= 11 is 0. The molecule has 1 saturated carbocycles. The van der Waals surface area contributed by atoms with Crippen molar-refractivity contribution in [3.05, 3.63) is 0 Å². The van der Waals surface area contributed by atoms with Crippen LogP contribution < -0.4 is 5.32 Å². The molecule has 1 heterocycles. The van der Waals surface area contributed by atoms with E-state index in [9.17, 15) is 9.90 Å². The first-order valence-corrected chi connectivity index (χ1v) is 8.31. The molecule has 2 unspecified atom stereocenters. The molecule has 2 aliphatic rings. The lowest BCUT2D eigenvalue weighted by Crippen LogP contribution is -2.48. The molecule has 5 heteroatoms. The third-order valence-electron chi connectivity index (χ3n) is 4.76. The van der Waals surface area contributed by atoms with Crippen molar-refractivity contribution in [3.63, 3.8) is 0 Å². The fourth-order valence-corrected chi connectivity index (χ4v) is 3.18. The van der Waals surface area contributed by atoms with Crippen molar-refractivity contribution in [2.24, 2.45) is 5.92 Å². The Bertz CT molecular complexity index is 329. The van der Waals surface area contributed by atoms with Gasteiger partial charge in [-0.2, -0.15) is 0 Å². The summed E-state index contributed by atoms with van der Waals surface area (Å²) in [5.41, 5.74) is 0. The second kappa shape index (κ2) is 8.11. The minimum absolute atomic E-state index is 0.212. The number of amides is 1. The fraction of sp³-hybridized carbons (Fsp3) is 0.938. The number of aliphatic hydroxyl groups excluding tert-OH is 1. The van der Waals surface area contributed by atoms with Crippen LogP contribution in [0.3, 0.4) is 0 Å². The number of likely N-dealkylation sites (tertiary alicyclic amines) is 1. The average Bonchev–Trinajstić information content (AvgIpc) is 2.48. The topological polar surface area (TPSA) is 61.8 Å². The molecular weight excluding hydrogens is 268 g/mol. The number of carbonyl (C=O) groups is 1. The molecule has 21 heavy (non-hydrogen) atoms. The standard InChI is InChI=1S/C16H30N2O3/c1-12-3-6-15(7-4-12)21-11-14(19)9-17-13-5-8-16(20)18(2)10-13/h12-15,17,19H,3-11H2,1-2H3.